The van der Waals surface area contributed by atoms with Gasteiger partial charge in [-0.2, -0.15) is 0 Å². The molecule has 1 fully saturated rings. The third-order valence-electron chi connectivity index (χ3n) is 7.96. The molecular weight excluding hydrogens is 444 g/mol. The van der Waals surface area contributed by atoms with Gasteiger partial charge in [0.15, 0.2) is 0 Å². The van der Waals surface area contributed by atoms with Crippen LogP contribution in [-0.2, 0) is 14.3 Å². The van der Waals surface area contributed by atoms with E-state index in [4.69, 9.17) is 4.74 Å². The van der Waals surface area contributed by atoms with E-state index in [1.54, 1.807) is 6.92 Å². The van der Waals surface area contributed by atoms with Crippen LogP contribution in [0.15, 0.2) is 48.5 Å². The maximum Gasteiger partial charge on any atom is 0.407 e. The molecule has 0 radical (unpaired) electrons. The molecule has 0 bridgehead atoms. The molecule has 1 unspecified atom stereocenters. The van der Waals surface area contributed by atoms with Gasteiger partial charge < -0.3 is 20.5 Å². The third kappa shape index (κ3) is 4.64. The van der Waals surface area contributed by atoms with Crippen LogP contribution in [0.1, 0.15) is 63.5 Å². The lowest BCUT2D eigenvalue weighted by molar-refractivity contribution is -0.150. The lowest BCUT2D eigenvalue weighted by atomic mass is 9.80. The second-order valence-electron chi connectivity index (χ2n) is 9.90. The van der Waals surface area contributed by atoms with Crippen LogP contribution < -0.4 is 10.6 Å². The van der Waals surface area contributed by atoms with Gasteiger partial charge in [-0.05, 0) is 60.8 Å². The molecule has 0 heterocycles. The molecule has 0 saturated heterocycles. The summed E-state index contributed by atoms with van der Waals surface area (Å²) in [4.78, 5) is 37.8. The van der Waals surface area contributed by atoms with E-state index in [-0.39, 0.29) is 30.9 Å². The number of carboxylic acids is 1. The number of benzene rings is 2. The molecule has 0 spiro atoms. The van der Waals surface area contributed by atoms with Crippen molar-refractivity contribution in [3.63, 3.8) is 0 Å². The van der Waals surface area contributed by atoms with Gasteiger partial charge in [-0.3, -0.25) is 4.79 Å². The number of carboxylic acid groups (broad SMARTS) is 1. The average molecular weight is 479 g/mol. The van der Waals surface area contributed by atoms with Gasteiger partial charge in [0.25, 0.3) is 0 Å². The smallest absolute Gasteiger partial charge is 0.407 e. The van der Waals surface area contributed by atoms with Gasteiger partial charge in [0.1, 0.15) is 12.1 Å². The van der Waals surface area contributed by atoms with Gasteiger partial charge in [-0.1, -0.05) is 62.4 Å². The zero-order valence-corrected chi connectivity index (χ0v) is 20.6. The van der Waals surface area contributed by atoms with Gasteiger partial charge >= 0.3 is 12.1 Å². The molecule has 1 saturated carbocycles. The molecule has 0 aromatic heterocycles. The normalized spacial score (nSPS) is 16.5. The maximum absolute atomic E-state index is 13.3. The summed E-state index contributed by atoms with van der Waals surface area (Å²) in [6, 6.07) is 16.3. The Morgan fingerprint density at radius 3 is 2.00 bits per heavy atom. The van der Waals surface area contributed by atoms with Gasteiger partial charge in [0, 0.05) is 12.5 Å². The van der Waals surface area contributed by atoms with Crippen LogP contribution in [0.4, 0.5) is 4.79 Å². The van der Waals surface area contributed by atoms with E-state index < -0.39 is 23.0 Å². The number of aliphatic carboxylic acids is 1. The third-order valence-corrected chi connectivity index (χ3v) is 7.96. The van der Waals surface area contributed by atoms with Gasteiger partial charge in [0.2, 0.25) is 5.91 Å². The van der Waals surface area contributed by atoms with E-state index in [0.29, 0.717) is 12.8 Å². The lowest BCUT2D eigenvalue weighted by Gasteiger charge is -2.35. The molecule has 35 heavy (non-hydrogen) atoms. The van der Waals surface area contributed by atoms with Crippen molar-refractivity contribution in [2.24, 2.45) is 11.3 Å². The molecule has 186 valence electrons. The average Bonchev–Trinajstić information content (AvgIpc) is 3.67. The summed E-state index contributed by atoms with van der Waals surface area (Å²) >= 11 is 0. The minimum absolute atomic E-state index is 0.0478. The Hall–Kier alpha value is -3.35. The van der Waals surface area contributed by atoms with E-state index in [2.05, 4.69) is 34.9 Å². The molecule has 0 aliphatic heterocycles. The molecule has 2 aromatic carbocycles. The highest BCUT2D eigenvalue weighted by molar-refractivity contribution is 5.90. The van der Waals surface area contributed by atoms with Crippen LogP contribution in [-0.4, -0.2) is 41.8 Å². The number of carbonyl (C=O) groups excluding carboxylic acids is 2. The standard InChI is InChI=1S/C28H34N2O5/c1-4-28(5-2,24(31)30-27(3,25(32)33)18-14-15-18)17-29-26(34)35-16-23-21-12-8-6-10-19(21)20-11-7-9-13-22(20)23/h6-13,18,23H,4-5,14-17H2,1-3H3,(H,29,34)(H,30,31)(H,32,33). The van der Waals surface area contributed by atoms with Crippen LogP contribution in [0.2, 0.25) is 0 Å². The fourth-order valence-corrected chi connectivity index (χ4v) is 5.15. The van der Waals surface area contributed by atoms with Crippen molar-refractivity contribution in [1.29, 1.82) is 0 Å². The van der Waals surface area contributed by atoms with E-state index in [9.17, 15) is 19.5 Å². The fraction of sp³-hybridized carbons (Fsp3) is 0.464. The largest absolute Gasteiger partial charge is 0.480 e. The lowest BCUT2D eigenvalue weighted by Crippen LogP contribution is -2.59. The van der Waals surface area contributed by atoms with Crippen LogP contribution >= 0.6 is 0 Å². The second kappa shape index (κ2) is 9.72. The molecule has 3 N–H and O–H groups in total. The molecule has 2 aliphatic carbocycles. The molecule has 2 aliphatic rings. The van der Waals surface area contributed by atoms with Crippen LogP contribution in [0, 0.1) is 11.3 Å². The minimum Gasteiger partial charge on any atom is -0.480 e. The van der Waals surface area contributed by atoms with Crippen molar-refractivity contribution in [2.75, 3.05) is 13.2 Å². The van der Waals surface area contributed by atoms with E-state index >= 15 is 0 Å². The predicted octanol–water partition coefficient (Wildman–Crippen LogP) is 4.70. The molecule has 2 aromatic rings. The zero-order chi connectivity index (χ0) is 25.2. The number of fused-ring (bicyclic) bond motifs is 3. The van der Waals surface area contributed by atoms with Crippen molar-refractivity contribution >= 4 is 18.0 Å². The summed E-state index contributed by atoms with van der Waals surface area (Å²) in [6.07, 6.45) is 1.89. The van der Waals surface area contributed by atoms with Crippen LogP contribution in [0.5, 0.6) is 0 Å². The van der Waals surface area contributed by atoms with E-state index in [1.807, 2.05) is 38.1 Å². The Morgan fingerprint density at radius 2 is 1.51 bits per heavy atom. The number of alkyl carbamates (subject to hydrolysis) is 1. The summed E-state index contributed by atoms with van der Waals surface area (Å²) in [7, 11) is 0. The summed E-state index contributed by atoms with van der Waals surface area (Å²) in [6.45, 7) is 5.58. The first-order valence-electron chi connectivity index (χ1n) is 12.4. The number of amides is 2. The van der Waals surface area contributed by atoms with Crippen LogP contribution in [0.25, 0.3) is 11.1 Å². The first-order valence-corrected chi connectivity index (χ1v) is 12.4. The Bertz CT molecular complexity index is 1080. The first kappa shape index (κ1) is 24.8. The highest BCUT2D eigenvalue weighted by Crippen LogP contribution is 2.44. The molecule has 7 nitrogen and oxygen atoms in total. The van der Waals surface area contributed by atoms with Gasteiger partial charge in [-0.25, -0.2) is 9.59 Å². The Morgan fingerprint density at radius 1 is 0.971 bits per heavy atom. The quantitative estimate of drug-likeness (QED) is 0.459. The second-order valence-corrected chi connectivity index (χ2v) is 9.90. The predicted molar refractivity (Wildman–Crippen MR) is 133 cm³/mol. The Labute approximate surface area is 206 Å². The molecule has 7 heteroatoms. The fourth-order valence-electron chi connectivity index (χ4n) is 5.15. The summed E-state index contributed by atoms with van der Waals surface area (Å²) < 4.78 is 5.62. The summed E-state index contributed by atoms with van der Waals surface area (Å²) in [5.41, 5.74) is 2.35. The maximum atomic E-state index is 13.3. The van der Waals surface area contributed by atoms with Crippen molar-refractivity contribution in [3.8, 4) is 11.1 Å². The van der Waals surface area contributed by atoms with E-state index in [1.165, 1.54) is 0 Å². The van der Waals surface area contributed by atoms with E-state index in [0.717, 1.165) is 35.1 Å². The number of hydrogen-bond donors (Lipinski definition) is 3. The van der Waals surface area contributed by atoms with Crippen molar-refractivity contribution in [1.82, 2.24) is 10.6 Å². The summed E-state index contributed by atoms with van der Waals surface area (Å²) in [5.74, 6) is -1.49. The highest BCUT2D eigenvalue weighted by atomic mass is 16.5. The molecule has 1 atom stereocenters. The molecule has 4 rings (SSSR count). The van der Waals surface area contributed by atoms with Crippen molar-refractivity contribution < 1.29 is 24.2 Å². The topological polar surface area (TPSA) is 105 Å². The highest BCUT2D eigenvalue weighted by Gasteiger charge is 2.51. The number of hydrogen-bond acceptors (Lipinski definition) is 4. The number of nitrogens with one attached hydrogen (secondary N) is 2. The Balaban J connectivity index is 1.40. The Kier molecular flexibility index (Phi) is 6.88. The SMILES string of the molecule is CCC(CC)(CNC(=O)OCC1c2ccccc2-c2ccccc21)C(=O)NC(C)(C(=O)O)C1CC1. The van der Waals surface area contributed by atoms with Crippen molar-refractivity contribution in [3.05, 3.63) is 59.7 Å². The van der Waals surface area contributed by atoms with Gasteiger partial charge in [0.05, 0.1) is 5.41 Å². The monoisotopic (exact) mass is 478 g/mol. The molecular formula is C28H34N2O5. The van der Waals surface area contributed by atoms with Crippen LogP contribution in [0.3, 0.4) is 0 Å². The first-order chi connectivity index (χ1) is 16.8. The molecule has 2 amide bonds. The number of ether oxygens (including phenoxy) is 1. The zero-order valence-electron chi connectivity index (χ0n) is 20.6. The minimum atomic E-state index is -1.30. The van der Waals surface area contributed by atoms with Gasteiger partial charge in [-0.15, -0.1) is 0 Å². The number of carbonyl (C=O) groups is 3. The van der Waals surface area contributed by atoms with Crippen molar-refractivity contribution in [2.45, 2.75) is 57.9 Å². The summed E-state index contributed by atoms with van der Waals surface area (Å²) in [5, 5.41) is 15.3. The number of rotatable bonds is 10.